The summed E-state index contributed by atoms with van der Waals surface area (Å²) in [5.41, 5.74) is 0.661. The van der Waals surface area contributed by atoms with E-state index >= 15 is 8.78 Å². The molecule has 2 aliphatic rings. The highest BCUT2D eigenvalue weighted by Crippen LogP contribution is 2.41. The van der Waals surface area contributed by atoms with Crippen molar-refractivity contribution < 1.29 is 27.1 Å². The lowest BCUT2D eigenvalue weighted by atomic mass is 9.76. The summed E-state index contributed by atoms with van der Waals surface area (Å²) in [6, 6.07) is 6.14. The zero-order valence-electron chi connectivity index (χ0n) is 21.2. The molecule has 0 aliphatic heterocycles. The summed E-state index contributed by atoms with van der Waals surface area (Å²) >= 11 is 0. The first-order chi connectivity index (χ1) is 17.3. The second-order valence-electron chi connectivity index (χ2n) is 10.5. The first kappa shape index (κ1) is 26.7. The molecule has 6 heteroatoms. The Labute approximate surface area is 211 Å². The fourth-order valence-electron chi connectivity index (χ4n) is 6.11. The van der Waals surface area contributed by atoms with Crippen molar-refractivity contribution in [3.8, 4) is 0 Å². The molecule has 0 radical (unpaired) electrons. The normalized spacial score (nSPS) is 24.5. The SMILES string of the molecule is CCCC1CCC(c2ccc(C3CCC(OC(=O)c4ccc(CC)c(F)c4F)CC3)c(F)c2F)CC1. The highest BCUT2D eigenvalue weighted by Gasteiger charge is 2.31. The average Bonchev–Trinajstić information content (AvgIpc) is 2.88. The summed E-state index contributed by atoms with van der Waals surface area (Å²) < 4.78 is 64.0. The molecule has 2 nitrogen and oxygen atoms in total. The highest BCUT2D eigenvalue weighted by molar-refractivity contribution is 5.90. The molecular formula is C30H36F4O2. The Morgan fingerprint density at radius 1 is 0.750 bits per heavy atom. The molecule has 2 fully saturated rings. The van der Waals surface area contributed by atoms with Crippen molar-refractivity contribution in [2.45, 2.75) is 102 Å². The van der Waals surface area contributed by atoms with E-state index in [0.29, 0.717) is 49.1 Å². The standard InChI is InChI=1S/C30H36F4O2/c1-3-5-18-6-8-20(9-7-18)23-16-17-24(28(33)27(23)32)21-10-13-22(14-11-21)36-30(35)25-15-12-19(4-2)26(31)29(25)34/h12,15-18,20-22H,3-11,13-14H2,1-2H3. The minimum atomic E-state index is -1.19. The van der Waals surface area contributed by atoms with Crippen molar-refractivity contribution in [2.24, 2.45) is 5.92 Å². The number of esters is 1. The van der Waals surface area contributed by atoms with E-state index in [1.807, 2.05) is 0 Å². The number of halogens is 4. The molecule has 0 spiro atoms. The highest BCUT2D eigenvalue weighted by atomic mass is 19.2. The number of benzene rings is 2. The Bertz CT molecular complexity index is 1070. The Balaban J connectivity index is 1.35. The van der Waals surface area contributed by atoms with Gasteiger partial charge in [-0.05, 0) is 98.3 Å². The Kier molecular flexibility index (Phi) is 8.74. The predicted molar refractivity (Wildman–Crippen MR) is 132 cm³/mol. The third-order valence-corrected chi connectivity index (χ3v) is 8.28. The van der Waals surface area contributed by atoms with Crippen LogP contribution in [0.2, 0.25) is 0 Å². The van der Waals surface area contributed by atoms with E-state index in [-0.39, 0.29) is 17.4 Å². The first-order valence-corrected chi connectivity index (χ1v) is 13.5. The van der Waals surface area contributed by atoms with Crippen LogP contribution in [0.25, 0.3) is 0 Å². The molecule has 0 N–H and O–H groups in total. The van der Waals surface area contributed by atoms with Crippen LogP contribution in [0.5, 0.6) is 0 Å². The van der Waals surface area contributed by atoms with Crippen molar-refractivity contribution >= 4 is 5.97 Å². The van der Waals surface area contributed by atoms with E-state index in [1.54, 1.807) is 19.1 Å². The molecule has 0 heterocycles. The first-order valence-electron chi connectivity index (χ1n) is 13.5. The molecular weight excluding hydrogens is 468 g/mol. The van der Waals surface area contributed by atoms with Crippen molar-refractivity contribution in [3.63, 3.8) is 0 Å². The third kappa shape index (κ3) is 5.63. The van der Waals surface area contributed by atoms with Gasteiger partial charge in [-0.2, -0.15) is 0 Å². The van der Waals surface area contributed by atoms with Gasteiger partial charge in [0.1, 0.15) is 6.10 Å². The molecule has 196 valence electrons. The number of carbonyl (C=O) groups excluding carboxylic acids is 1. The van der Waals surface area contributed by atoms with Crippen LogP contribution in [-0.4, -0.2) is 12.1 Å². The van der Waals surface area contributed by atoms with Crippen LogP contribution in [0.1, 0.15) is 117 Å². The smallest absolute Gasteiger partial charge is 0.341 e. The summed E-state index contributed by atoms with van der Waals surface area (Å²) in [4.78, 5) is 12.4. The van der Waals surface area contributed by atoms with Crippen molar-refractivity contribution in [3.05, 3.63) is 69.8 Å². The van der Waals surface area contributed by atoms with Gasteiger partial charge in [0.05, 0.1) is 5.56 Å². The van der Waals surface area contributed by atoms with Crippen LogP contribution in [0.3, 0.4) is 0 Å². The summed E-state index contributed by atoms with van der Waals surface area (Å²) in [5, 5.41) is 0. The van der Waals surface area contributed by atoms with Gasteiger partial charge in [0.25, 0.3) is 0 Å². The number of hydrogen-bond acceptors (Lipinski definition) is 2. The molecule has 0 amide bonds. The van der Waals surface area contributed by atoms with Crippen molar-refractivity contribution in [2.75, 3.05) is 0 Å². The minimum absolute atomic E-state index is 0.0772. The summed E-state index contributed by atoms with van der Waals surface area (Å²) in [5.74, 6) is -3.96. The summed E-state index contributed by atoms with van der Waals surface area (Å²) in [6.45, 7) is 3.89. The summed E-state index contributed by atoms with van der Waals surface area (Å²) in [7, 11) is 0. The van der Waals surface area contributed by atoms with E-state index in [9.17, 15) is 13.6 Å². The van der Waals surface area contributed by atoms with E-state index in [1.165, 1.54) is 18.6 Å². The van der Waals surface area contributed by atoms with Gasteiger partial charge in [-0.25, -0.2) is 22.4 Å². The van der Waals surface area contributed by atoms with Crippen LogP contribution in [0.4, 0.5) is 17.6 Å². The number of ether oxygens (including phenoxy) is 1. The lowest BCUT2D eigenvalue weighted by molar-refractivity contribution is 0.0188. The lowest BCUT2D eigenvalue weighted by Crippen LogP contribution is -2.25. The maximum Gasteiger partial charge on any atom is 0.341 e. The molecule has 0 aromatic heterocycles. The minimum Gasteiger partial charge on any atom is -0.459 e. The van der Waals surface area contributed by atoms with Crippen molar-refractivity contribution in [1.82, 2.24) is 0 Å². The Morgan fingerprint density at radius 3 is 1.83 bits per heavy atom. The Hall–Kier alpha value is -2.37. The molecule has 4 rings (SSSR count). The van der Waals surface area contributed by atoms with E-state index in [2.05, 4.69) is 6.92 Å². The number of aryl methyl sites for hydroxylation is 1. The molecule has 0 saturated heterocycles. The second-order valence-corrected chi connectivity index (χ2v) is 10.5. The molecule has 2 aromatic carbocycles. The largest absolute Gasteiger partial charge is 0.459 e. The van der Waals surface area contributed by atoms with E-state index < -0.39 is 40.9 Å². The van der Waals surface area contributed by atoms with Crippen LogP contribution in [0.15, 0.2) is 24.3 Å². The maximum atomic E-state index is 15.1. The van der Waals surface area contributed by atoms with Gasteiger partial charge >= 0.3 is 5.97 Å². The molecule has 0 unspecified atom stereocenters. The second kappa shape index (κ2) is 11.8. The van der Waals surface area contributed by atoms with Crippen LogP contribution >= 0.6 is 0 Å². The van der Waals surface area contributed by atoms with Crippen LogP contribution < -0.4 is 0 Å². The monoisotopic (exact) mass is 504 g/mol. The number of rotatable bonds is 7. The van der Waals surface area contributed by atoms with Gasteiger partial charge in [0.2, 0.25) is 0 Å². The molecule has 36 heavy (non-hydrogen) atoms. The molecule has 0 bridgehead atoms. The van der Waals surface area contributed by atoms with Gasteiger partial charge in [-0.15, -0.1) is 0 Å². The maximum absolute atomic E-state index is 15.1. The van der Waals surface area contributed by atoms with Gasteiger partial charge in [0, 0.05) is 0 Å². The molecule has 2 aromatic rings. The number of carbonyl (C=O) groups is 1. The van der Waals surface area contributed by atoms with E-state index in [4.69, 9.17) is 4.74 Å². The lowest BCUT2D eigenvalue weighted by Gasteiger charge is -2.31. The molecule has 2 saturated carbocycles. The third-order valence-electron chi connectivity index (χ3n) is 8.28. The van der Waals surface area contributed by atoms with Gasteiger partial charge < -0.3 is 4.74 Å². The van der Waals surface area contributed by atoms with Crippen LogP contribution in [0, 0.1) is 29.2 Å². The fraction of sp³-hybridized carbons (Fsp3) is 0.567. The van der Waals surface area contributed by atoms with Crippen molar-refractivity contribution in [1.29, 1.82) is 0 Å². The quantitative estimate of drug-likeness (QED) is 0.278. The van der Waals surface area contributed by atoms with E-state index in [0.717, 1.165) is 32.1 Å². The molecule has 0 atom stereocenters. The van der Waals surface area contributed by atoms with Crippen LogP contribution in [-0.2, 0) is 11.2 Å². The average molecular weight is 505 g/mol. The van der Waals surface area contributed by atoms with Gasteiger partial charge in [-0.1, -0.05) is 44.9 Å². The zero-order valence-corrected chi connectivity index (χ0v) is 21.2. The zero-order chi connectivity index (χ0) is 25.8. The molecule has 2 aliphatic carbocycles. The Morgan fingerprint density at radius 2 is 1.31 bits per heavy atom. The number of hydrogen-bond donors (Lipinski definition) is 0. The summed E-state index contributed by atoms with van der Waals surface area (Å²) in [6.07, 6.45) is 8.15. The van der Waals surface area contributed by atoms with Gasteiger partial charge in [0.15, 0.2) is 23.3 Å². The van der Waals surface area contributed by atoms with Gasteiger partial charge in [-0.3, -0.25) is 0 Å². The predicted octanol–water partition coefficient (Wildman–Crippen LogP) is 8.76. The topological polar surface area (TPSA) is 26.3 Å². The fourth-order valence-corrected chi connectivity index (χ4v) is 6.11.